The van der Waals surface area contributed by atoms with Gasteiger partial charge in [0.15, 0.2) is 0 Å². The Balaban J connectivity index is 1.25. The number of hydrogen-bond donors (Lipinski definition) is 1. The van der Waals surface area contributed by atoms with Crippen molar-refractivity contribution in [2.75, 3.05) is 31.6 Å². The highest BCUT2D eigenvalue weighted by atomic mass is 19.1. The molecule has 2 saturated heterocycles. The maximum absolute atomic E-state index is 15.2. The van der Waals surface area contributed by atoms with Crippen molar-refractivity contribution >= 4 is 22.5 Å². The number of nitrogens with zero attached hydrogens (tertiary/aromatic N) is 5. The molecule has 32 heavy (non-hydrogen) atoms. The van der Waals surface area contributed by atoms with Crippen LogP contribution in [0.5, 0.6) is 0 Å². The summed E-state index contributed by atoms with van der Waals surface area (Å²) in [6.07, 6.45) is 6.01. The first-order chi connectivity index (χ1) is 15.6. The molecule has 7 nitrogen and oxygen atoms in total. The molecule has 1 N–H and O–H groups in total. The number of hydrogen-bond acceptors (Lipinski definition) is 6. The molecule has 0 spiro atoms. The van der Waals surface area contributed by atoms with E-state index in [1.807, 2.05) is 12.4 Å². The quantitative estimate of drug-likeness (QED) is 0.651. The molecule has 2 aliphatic heterocycles. The molecule has 6 rings (SSSR count). The Labute approximate surface area is 187 Å². The van der Waals surface area contributed by atoms with E-state index in [0.717, 1.165) is 59.6 Å². The summed E-state index contributed by atoms with van der Waals surface area (Å²) in [7, 11) is 0. The van der Waals surface area contributed by atoms with Crippen LogP contribution in [0.15, 0.2) is 24.5 Å². The number of ether oxygens (including phenoxy) is 1. The lowest BCUT2D eigenvalue weighted by molar-refractivity contribution is -0.0807. The Hall–Kier alpha value is -2.58. The van der Waals surface area contributed by atoms with Gasteiger partial charge in [0.2, 0.25) is 5.95 Å². The molecule has 2 aromatic heterocycles. The molecule has 0 amide bonds. The van der Waals surface area contributed by atoms with Crippen molar-refractivity contribution in [2.45, 2.75) is 57.3 Å². The van der Waals surface area contributed by atoms with Crippen molar-refractivity contribution < 1.29 is 9.13 Å². The van der Waals surface area contributed by atoms with E-state index in [2.05, 4.69) is 51.0 Å². The highest BCUT2D eigenvalue weighted by molar-refractivity contribution is 5.81. The molecular formula is C24H29FN6O. The van der Waals surface area contributed by atoms with Crippen molar-refractivity contribution in [1.29, 1.82) is 0 Å². The third kappa shape index (κ3) is 3.55. The van der Waals surface area contributed by atoms with E-state index in [9.17, 15) is 0 Å². The Bertz CT molecular complexity index is 1150. The number of piperidine rings is 1. The molecule has 1 aromatic carbocycles. The van der Waals surface area contributed by atoms with Gasteiger partial charge < -0.3 is 10.1 Å². The van der Waals surface area contributed by atoms with Crippen LogP contribution in [-0.4, -0.2) is 63.2 Å². The predicted octanol–water partition coefficient (Wildman–Crippen LogP) is 4.05. The molecular weight excluding hydrogens is 407 g/mol. The molecule has 168 valence electrons. The van der Waals surface area contributed by atoms with Gasteiger partial charge in [0, 0.05) is 24.0 Å². The molecule has 3 aliphatic rings. The SMILES string of the molecule is Cc1cc2cnc(Nc3cnn(C4CC4)c3C)nc2cc1[C@H]1CCN(C2COC2)C[C@@H]1F. The number of fused-ring (bicyclic) bond motifs is 1. The zero-order valence-electron chi connectivity index (χ0n) is 18.6. The molecule has 1 saturated carbocycles. The van der Waals surface area contributed by atoms with Crippen molar-refractivity contribution in [3.05, 3.63) is 41.3 Å². The first kappa shape index (κ1) is 20.1. The minimum Gasteiger partial charge on any atom is -0.378 e. The van der Waals surface area contributed by atoms with E-state index >= 15 is 4.39 Å². The smallest absolute Gasteiger partial charge is 0.227 e. The second-order valence-corrected chi connectivity index (χ2v) is 9.50. The van der Waals surface area contributed by atoms with Crippen LogP contribution in [0.3, 0.4) is 0 Å². The van der Waals surface area contributed by atoms with Gasteiger partial charge in [0.1, 0.15) is 6.17 Å². The van der Waals surface area contributed by atoms with Gasteiger partial charge in [-0.2, -0.15) is 5.10 Å². The Morgan fingerprint density at radius 1 is 1.09 bits per heavy atom. The molecule has 2 atom stereocenters. The molecule has 4 heterocycles. The third-order valence-corrected chi connectivity index (χ3v) is 7.26. The summed E-state index contributed by atoms with van der Waals surface area (Å²) in [5.41, 5.74) is 5.05. The monoisotopic (exact) mass is 436 g/mol. The summed E-state index contributed by atoms with van der Waals surface area (Å²) in [6, 6.07) is 5.08. The first-order valence-electron chi connectivity index (χ1n) is 11.6. The van der Waals surface area contributed by atoms with Crippen LogP contribution in [0.1, 0.15) is 48.0 Å². The number of rotatable bonds is 5. The van der Waals surface area contributed by atoms with E-state index in [4.69, 9.17) is 9.72 Å². The summed E-state index contributed by atoms with van der Waals surface area (Å²) in [5.74, 6) is 0.449. The van der Waals surface area contributed by atoms with Crippen molar-refractivity contribution in [3.8, 4) is 0 Å². The summed E-state index contributed by atoms with van der Waals surface area (Å²) < 4.78 is 22.6. The van der Waals surface area contributed by atoms with E-state index in [0.29, 0.717) is 24.6 Å². The Morgan fingerprint density at radius 3 is 2.66 bits per heavy atom. The van der Waals surface area contributed by atoms with Gasteiger partial charge in [-0.3, -0.25) is 9.58 Å². The number of nitrogens with one attached hydrogen (secondary N) is 1. The second kappa shape index (κ2) is 7.78. The van der Waals surface area contributed by atoms with Crippen LogP contribution in [0.2, 0.25) is 0 Å². The lowest BCUT2D eigenvalue weighted by atomic mass is 9.84. The standard InChI is InChI=1S/C24H29FN6O/c1-14-7-16-9-26-24(29-23-10-27-31(15(23)2)17-3-4-17)28-22(16)8-20(14)19-5-6-30(11-21(19)25)18-12-32-13-18/h7-10,17-19,21H,3-6,11-13H2,1-2H3,(H,26,28,29)/t19-,21+/m1/s1. The highest BCUT2D eigenvalue weighted by Crippen LogP contribution is 2.37. The van der Waals surface area contributed by atoms with Crippen LogP contribution in [0, 0.1) is 13.8 Å². The Morgan fingerprint density at radius 2 is 1.94 bits per heavy atom. The molecule has 0 unspecified atom stereocenters. The number of anilines is 2. The van der Waals surface area contributed by atoms with Gasteiger partial charge >= 0.3 is 0 Å². The topological polar surface area (TPSA) is 68.1 Å². The molecule has 0 bridgehead atoms. The van der Waals surface area contributed by atoms with Crippen LogP contribution < -0.4 is 5.32 Å². The third-order valence-electron chi connectivity index (χ3n) is 7.26. The largest absolute Gasteiger partial charge is 0.378 e. The minimum absolute atomic E-state index is 0.0953. The zero-order valence-corrected chi connectivity index (χ0v) is 18.6. The summed E-state index contributed by atoms with van der Waals surface area (Å²) in [5, 5.41) is 8.80. The lowest BCUT2D eigenvalue weighted by Gasteiger charge is -2.43. The predicted molar refractivity (Wildman–Crippen MR) is 121 cm³/mol. The number of aromatic nitrogens is 4. The number of likely N-dealkylation sites (tertiary alicyclic amines) is 1. The lowest BCUT2D eigenvalue weighted by Crippen LogP contribution is -2.54. The van der Waals surface area contributed by atoms with Gasteiger partial charge in [0.25, 0.3) is 0 Å². The average Bonchev–Trinajstić information content (AvgIpc) is 3.51. The molecule has 1 aliphatic carbocycles. The van der Waals surface area contributed by atoms with Gasteiger partial charge in [-0.25, -0.2) is 14.4 Å². The summed E-state index contributed by atoms with van der Waals surface area (Å²) in [6.45, 7) is 7.00. The molecule has 8 heteroatoms. The van der Waals surface area contributed by atoms with Crippen LogP contribution >= 0.6 is 0 Å². The molecule has 3 fully saturated rings. The maximum Gasteiger partial charge on any atom is 0.227 e. The van der Waals surface area contributed by atoms with Gasteiger partial charge in [-0.15, -0.1) is 0 Å². The zero-order chi connectivity index (χ0) is 21.8. The fourth-order valence-corrected chi connectivity index (χ4v) is 5.07. The minimum atomic E-state index is -0.879. The van der Waals surface area contributed by atoms with Crippen LogP contribution in [0.25, 0.3) is 10.9 Å². The maximum atomic E-state index is 15.2. The number of halogens is 1. The molecule has 3 aromatic rings. The number of aryl methyl sites for hydroxylation is 1. The fourth-order valence-electron chi connectivity index (χ4n) is 5.07. The van der Waals surface area contributed by atoms with Crippen molar-refractivity contribution in [1.82, 2.24) is 24.6 Å². The fraction of sp³-hybridized carbons (Fsp3) is 0.542. The number of benzene rings is 1. The van der Waals surface area contributed by atoms with Gasteiger partial charge in [0.05, 0.1) is 48.4 Å². The summed E-state index contributed by atoms with van der Waals surface area (Å²) in [4.78, 5) is 11.5. The van der Waals surface area contributed by atoms with Crippen molar-refractivity contribution in [3.63, 3.8) is 0 Å². The number of alkyl halides is 1. The van der Waals surface area contributed by atoms with Gasteiger partial charge in [-0.1, -0.05) is 0 Å². The Kier molecular flexibility index (Phi) is 4.87. The average molecular weight is 437 g/mol. The van der Waals surface area contributed by atoms with Crippen LogP contribution in [0.4, 0.5) is 16.0 Å². The van der Waals surface area contributed by atoms with Crippen LogP contribution in [-0.2, 0) is 4.74 Å². The van der Waals surface area contributed by atoms with E-state index in [-0.39, 0.29) is 5.92 Å². The summed E-state index contributed by atoms with van der Waals surface area (Å²) >= 11 is 0. The van der Waals surface area contributed by atoms with E-state index in [1.54, 1.807) is 0 Å². The van der Waals surface area contributed by atoms with Gasteiger partial charge in [-0.05, 0) is 62.9 Å². The van der Waals surface area contributed by atoms with E-state index < -0.39 is 6.17 Å². The van der Waals surface area contributed by atoms with Crippen molar-refractivity contribution in [2.24, 2.45) is 0 Å². The molecule has 0 radical (unpaired) electrons. The highest BCUT2D eigenvalue weighted by Gasteiger charge is 2.36. The normalized spacial score (nSPS) is 24.6. The first-order valence-corrected chi connectivity index (χ1v) is 11.6. The van der Waals surface area contributed by atoms with E-state index in [1.165, 1.54) is 12.8 Å². The second-order valence-electron chi connectivity index (χ2n) is 9.50.